The lowest BCUT2D eigenvalue weighted by atomic mass is 10.1. The lowest BCUT2D eigenvalue weighted by Gasteiger charge is -2.07. The topological polar surface area (TPSA) is 48.1 Å². The monoisotopic (exact) mass is 284 g/mol. The molecule has 0 atom stereocenters. The summed E-state index contributed by atoms with van der Waals surface area (Å²) in [6.45, 7) is 4.11. The number of nitrogens with two attached hydrogens (primary N) is 1. The van der Waals surface area contributed by atoms with Crippen LogP contribution in [0, 0.1) is 13.8 Å². The maximum atomic E-state index is 6.20. The van der Waals surface area contributed by atoms with Crippen molar-refractivity contribution in [3.63, 3.8) is 0 Å². The number of hydrogen-bond donors (Lipinski definition) is 1. The number of hydrogen-bond acceptors (Lipinski definition) is 4. The van der Waals surface area contributed by atoms with E-state index in [1.54, 1.807) is 18.4 Å². The van der Waals surface area contributed by atoms with Gasteiger partial charge in [-0.2, -0.15) is 0 Å². The summed E-state index contributed by atoms with van der Waals surface area (Å²) < 4.78 is 6.36. The Kier molecular flexibility index (Phi) is 3.10. The van der Waals surface area contributed by atoms with Gasteiger partial charge in [-0.15, -0.1) is 11.3 Å². The minimum Gasteiger partial charge on any atom is -0.497 e. The number of aromatic nitrogens is 1. The summed E-state index contributed by atoms with van der Waals surface area (Å²) in [4.78, 5) is 4.68. The van der Waals surface area contributed by atoms with Crippen LogP contribution >= 0.6 is 11.3 Å². The second-order valence-corrected chi connectivity index (χ2v) is 5.93. The molecule has 3 rings (SSSR count). The van der Waals surface area contributed by atoms with Crippen LogP contribution in [0.25, 0.3) is 20.8 Å². The summed E-state index contributed by atoms with van der Waals surface area (Å²) in [5.74, 6) is 0.848. The molecule has 0 amide bonds. The van der Waals surface area contributed by atoms with Crippen molar-refractivity contribution in [1.82, 2.24) is 4.98 Å². The van der Waals surface area contributed by atoms with Crippen LogP contribution < -0.4 is 10.5 Å². The molecule has 2 N–H and O–H groups in total. The van der Waals surface area contributed by atoms with Crippen LogP contribution in [-0.4, -0.2) is 12.1 Å². The molecule has 4 heteroatoms. The van der Waals surface area contributed by atoms with Crippen LogP contribution in [0.3, 0.4) is 0 Å². The smallest absolute Gasteiger partial charge is 0.126 e. The average molecular weight is 284 g/mol. The summed E-state index contributed by atoms with van der Waals surface area (Å²) in [6, 6.07) is 10.1. The fourth-order valence-electron chi connectivity index (χ4n) is 2.30. The molecule has 0 spiro atoms. The van der Waals surface area contributed by atoms with E-state index in [1.807, 2.05) is 25.1 Å². The Morgan fingerprint density at radius 2 is 1.95 bits per heavy atom. The zero-order valence-corrected chi connectivity index (χ0v) is 12.5. The SMILES string of the molecule is COc1ccc2nc(-c3cc(C)cc(C)c3N)sc2c1. The molecule has 2 aromatic carbocycles. The van der Waals surface area contributed by atoms with Crippen molar-refractivity contribution in [2.75, 3.05) is 12.8 Å². The Bertz CT molecular complexity index is 793. The van der Waals surface area contributed by atoms with Gasteiger partial charge in [-0.25, -0.2) is 4.98 Å². The third-order valence-corrected chi connectivity index (χ3v) is 4.41. The average Bonchev–Trinajstić information content (AvgIpc) is 2.85. The number of aryl methyl sites for hydroxylation is 2. The first-order valence-electron chi connectivity index (χ1n) is 6.40. The van der Waals surface area contributed by atoms with Crippen molar-refractivity contribution >= 4 is 27.2 Å². The summed E-state index contributed by atoms with van der Waals surface area (Å²) in [7, 11) is 1.67. The number of benzene rings is 2. The van der Waals surface area contributed by atoms with Gasteiger partial charge in [0.25, 0.3) is 0 Å². The molecular formula is C16H16N2OS. The van der Waals surface area contributed by atoms with Crippen molar-refractivity contribution in [3.8, 4) is 16.3 Å². The van der Waals surface area contributed by atoms with Gasteiger partial charge >= 0.3 is 0 Å². The highest BCUT2D eigenvalue weighted by molar-refractivity contribution is 7.21. The van der Waals surface area contributed by atoms with E-state index in [1.165, 1.54) is 5.56 Å². The van der Waals surface area contributed by atoms with E-state index < -0.39 is 0 Å². The number of anilines is 1. The zero-order chi connectivity index (χ0) is 14.3. The van der Waals surface area contributed by atoms with Crippen molar-refractivity contribution in [2.45, 2.75) is 13.8 Å². The minimum absolute atomic E-state index is 0.807. The largest absolute Gasteiger partial charge is 0.497 e. The number of nitrogen functional groups attached to an aromatic ring is 1. The van der Waals surface area contributed by atoms with Gasteiger partial charge in [0.2, 0.25) is 0 Å². The molecule has 0 radical (unpaired) electrons. The van der Waals surface area contributed by atoms with Crippen LogP contribution in [0.15, 0.2) is 30.3 Å². The van der Waals surface area contributed by atoms with Gasteiger partial charge < -0.3 is 10.5 Å². The fourth-order valence-corrected chi connectivity index (χ4v) is 3.33. The first kappa shape index (κ1) is 12.9. The Labute approximate surface area is 122 Å². The predicted octanol–water partition coefficient (Wildman–Crippen LogP) is 4.17. The van der Waals surface area contributed by atoms with E-state index in [2.05, 4.69) is 24.0 Å². The van der Waals surface area contributed by atoms with Gasteiger partial charge in [0.15, 0.2) is 0 Å². The Morgan fingerprint density at radius 1 is 1.15 bits per heavy atom. The number of methoxy groups -OCH3 is 1. The fraction of sp³-hybridized carbons (Fsp3) is 0.188. The second kappa shape index (κ2) is 4.80. The van der Waals surface area contributed by atoms with E-state index in [0.717, 1.165) is 37.8 Å². The Morgan fingerprint density at radius 3 is 2.70 bits per heavy atom. The number of thiazole rings is 1. The molecular weight excluding hydrogens is 268 g/mol. The standard InChI is InChI=1S/C16H16N2OS/c1-9-6-10(2)15(17)12(7-9)16-18-13-5-4-11(19-3)8-14(13)20-16/h4-8H,17H2,1-3H3. The highest BCUT2D eigenvalue weighted by Crippen LogP contribution is 2.36. The van der Waals surface area contributed by atoms with Crippen LogP contribution in [0.1, 0.15) is 11.1 Å². The van der Waals surface area contributed by atoms with Crippen molar-refractivity contribution in [1.29, 1.82) is 0 Å². The molecule has 20 heavy (non-hydrogen) atoms. The molecule has 3 aromatic rings. The van der Waals surface area contributed by atoms with E-state index >= 15 is 0 Å². The number of rotatable bonds is 2. The molecule has 1 heterocycles. The molecule has 0 saturated heterocycles. The van der Waals surface area contributed by atoms with Crippen LogP contribution in [0.2, 0.25) is 0 Å². The van der Waals surface area contributed by atoms with E-state index in [4.69, 9.17) is 10.5 Å². The molecule has 0 fully saturated rings. The van der Waals surface area contributed by atoms with Gasteiger partial charge in [-0.3, -0.25) is 0 Å². The van der Waals surface area contributed by atoms with Crippen molar-refractivity contribution < 1.29 is 4.74 Å². The van der Waals surface area contributed by atoms with E-state index in [-0.39, 0.29) is 0 Å². The molecule has 3 nitrogen and oxygen atoms in total. The molecule has 0 unspecified atom stereocenters. The lowest BCUT2D eigenvalue weighted by Crippen LogP contribution is -1.94. The summed E-state index contributed by atoms with van der Waals surface area (Å²) >= 11 is 1.64. The maximum Gasteiger partial charge on any atom is 0.126 e. The van der Waals surface area contributed by atoms with Gasteiger partial charge in [-0.1, -0.05) is 11.6 Å². The molecule has 0 bridgehead atoms. The van der Waals surface area contributed by atoms with Crippen molar-refractivity contribution in [3.05, 3.63) is 41.5 Å². The van der Waals surface area contributed by atoms with E-state index in [0.29, 0.717) is 0 Å². The normalized spacial score (nSPS) is 10.9. The highest BCUT2D eigenvalue weighted by Gasteiger charge is 2.12. The van der Waals surface area contributed by atoms with Crippen molar-refractivity contribution in [2.24, 2.45) is 0 Å². The molecule has 0 saturated carbocycles. The van der Waals surface area contributed by atoms with Gasteiger partial charge in [0.1, 0.15) is 10.8 Å². The van der Waals surface area contributed by atoms with E-state index in [9.17, 15) is 0 Å². The maximum absolute atomic E-state index is 6.20. The van der Waals surface area contributed by atoms with Gasteiger partial charge in [0, 0.05) is 11.3 Å². The summed E-state index contributed by atoms with van der Waals surface area (Å²) in [6.07, 6.45) is 0. The van der Waals surface area contributed by atoms with Crippen LogP contribution in [0.5, 0.6) is 5.75 Å². The zero-order valence-electron chi connectivity index (χ0n) is 11.7. The number of nitrogens with zero attached hydrogens (tertiary/aromatic N) is 1. The summed E-state index contributed by atoms with van der Waals surface area (Å²) in [5, 5.41) is 0.956. The minimum atomic E-state index is 0.807. The molecule has 0 aliphatic carbocycles. The number of fused-ring (bicyclic) bond motifs is 1. The molecule has 102 valence electrons. The predicted molar refractivity (Wildman–Crippen MR) is 85.5 cm³/mol. The number of ether oxygens (including phenoxy) is 1. The van der Waals surface area contributed by atoms with Crippen LogP contribution in [0.4, 0.5) is 5.69 Å². The lowest BCUT2D eigenvalue weighted by molar-refractivity contribution is 0.415. The second-order valence-electron chi connectivity index (χ2n) is 4.90. The molecule has 0 aliphatic rings. The summed E-state index contributed by atoms with van der Waals surface area (Å²) in [5.41, 5.74) is 11.3. The first-order chi connectivity index (χ1) is 9.58. The third kappa shape index (κ3) is 2.12. The van der Waals surface area contributed by atoms with Gasteiger partial charge in [0.05, 0.1) is 17.3 Å². The quantitative estimate of drug-likeness (QED) is 0.718. The molecule has 1 aromatic heterocycles. The molecule has 0 aliphatic heterocycles. The van der Waals surface area contributed by atoms with Gasteiger partial charge in [-0.05, 0) is 43.7 Å². The first-order valence-corrected chi connectivity index (χ1v) is 7.22. The third-order valence-electron chi connectivity index (χ3n) is 3.36. The Balaban J connectivity index is 2.20. The van der Waals surface area contributed by atoms with Crippen LogP contribution in [-0.2, 0) is 0 Å². The highest BCUT2D eigenvalue weighted by atomic mass is 32.1. The Hall–Kier alpha value is -2.07.